The van der Waals surface area contributed by atoms with Crippen molar-refractivity contribution in [2.24, 2.45) is 0 Å². The van der Waals surface area contributed by atoms with E-state index in [0.29, 0.717) is 0 Å². The normalized spacial score (nSPS) is 16.6. The molecule has 0 fully saturated rings. The molecule has 1 rings (SSSR count). The minimum atomic E-state index is -2.12. The topological polar surface area (TPSA) is 30.0 Å². The maximum absolute atomic E-state index is 11.8. The Morgan fingerprint density at radius 2 is 1.93 bits per heavy atom. The number of aryl methyl sites for hydroxylation is 1. The molecule has 1 aromatic rings. The monoisotopic (exact) mass is 231 g/mol. The number of hydrogen-bond donors (Lipinski definition) is 0. The van der Waals surface area contributed by atoms with E-state index in [1.54, 1.807) is 6.26 Å². The molecular formula is C10H17NOS2. The lowest BCUT2D eigenvalue weighted by Crippen LogP contribution is -2.10. The van der Waals surface area contributed by atoms with Crippen LogP contribution in [0.1, 0.15) is 31.5 Å². The van der Waals surface area contributed by atoms with Gasteiger partial charge in [-0.2, -0.15) is 0 Å². The van der Waals surface area contributed by atoms with Crippen molar-refractivity contribution in [3.63, 3.8) is 0 Å². The van der Waals surface area contributed by atoms with Gasteiger partial charge in [0.2, 0.25) is 0 Å². The summed E-state index contributed by atoms with van der Waals surface area (Å²) >= 11 is 1.52. The first-order valence-corrected chi connectivity index (χ1v) is 7.38. The summed E-state index contributed by atoms with van der Waals surface area (Å²) in [6.45, 7) is 8.22. The van der Waals surface area contributed by atoms with Crippen molar-refractivity contribution >= 4 is 26.7 Å². The Bertz CT molecular complexity index is 435. The predicted octanol–water partition coefficient (Wildman–Crippen LogP) is 2.45. The molecule has 0 saturated carbocycles. The molecule has 80 valence electrons. The van der Waals surface area contributed by atoms with Crippen LogP contribution in [0.3, 0.4) is 0 Å². The third-order valence-electron chi connectivity index (χ3n) is 1.79. The highest BCUT2D eigenvalue weighted by Gasteiger charge is 2.21. The van der Waals surface area contributed by atoms with Crippen molar-refractivity contribution in [3.05, 3.63) is 10.7 Å². The van der Waals surface area contributed by atoms with Crippen molar-refractivity contribution in [3.8, 4) is 0 Å². The molecule has 0 amide bonds. The Morgan fingerprint density at radius 1 is 1.43 bits per heavy atom. The van der Waals surface area contributed by atoms with Crippen LogP contribution in [-0.4, -0.2) is 21.3 Å². The molecule has 0 aliphatic carbocycles. The summed E-state index contributed by atoms with van der Waals surface area (Å²) in [5.74, 6) is 3.70. The molecule has 14 heavy (non-hydrogen) atoms. The average molecular weight is 231 g/mol. The Morgan fingerprint density at radius 3 is 2.14 bits per heavy atom. The first-order chi connectivity index (χ1) is 6.12. The number of rotatable bonds is 1. The highest BCUT2D eigenvalue weighted by molar-refractivity contribution is 8.01. The van der Waals surface area contributed by atoms with E-state index in [-0.39, 0.29) is 5.41 Å². The second kappa shape index (κ2) is 3.35. The van der Waals surface area contributed by atoms with E-state index in [9.17, 15) is 4.21 Å². The predicted molar refractivity (Wildman–Crippen MR) is 65.0 cm³/mol. The first-order valence-electron chi connectivity index (χ1n) is 4.42. The summed E-state index contributed by atoms with van der Waals surface area (Å²) in [5.41, 5.74) is 0.890. The van der Waals surface area contributed by atoms with Gasteiger partial charge in [0.15, 0.2) is 0 Å². The van der Waals surface area contributed by atoms with Crippen molar-refractivity contribution < 1.29 is 4.21 Å². The molecule has 1 aromatic heterocycles. The number of aromatic nitrogens is 1. The van der Waals surface area contributed by atoms with E-state index in [1.807, 2.05) is 6.92 Å². The molecule has 0 N–H and O–H groups in total. The van der Waals surface area contributed by atoms with Crippen molar-refractivity contribution in [1.82, 2.24) is 4.98 Å². The highest BCUT2D eigenvalue weighted by Crippen LogP contribution is 2.31. The van der Waals surface area contributed by atoms with Gasteiger partial charge in [0.25, 0.3) is 0 Å². The molecule has 1 atom stereocenters. The van der Waals surface area contributed by atoms with E-state index < -0.39 is 9.52 Å². The number of hydrogen-bond acceptors (Lipinski definition) is 3. The highest BCUT2D eigenvalue weighted by atomic mass is 32.2. The maximum atomic E-state index is 11.8. The van der Waals surface area contributed by atoms with Gasteiger partial charge in [-0.1, -0.05) is 20.8 Å². The van der Waals surface area contributed by atoms with Gasteiger partial charge in [0, 0.05) is 21.2 Å². The van der Waals surface area contributed by atoms with Crippen LogP contribution in [0.25, 0.3) is 0 Å². The van der Waals surface area contributed by atoms with Gasteiger partial charge in [-0.25, -0.2) is 4.98 Å². The van der Waals surface area contributed by atoms with Gasteiger partial charge in [0.05, 0.1) is 10.7 Å². The quantitative estimate of drug-likeness (QED) is 0.695. The molecule has 0 radical (unpaired) electrons. The zero-order chi connectivity index (χ0) is 11.1. The van der Waals surface area contributed by atoms with Gasteiger partial charge in [-0.05, 0) is 12.8 Å². The van der Waals surface area contributed by atoms with Crippen molar-refractivity contribution in [2.75, 3.05) is 6.26 Å². The van der Waals surface area contributed by atoms with Crippen LogP contribution >= 0.6 is 11.3 Å². The molecule has 4 heteroatoms. The zero-order valence-electron chi connectivity index (χ0n) is 9.38. The van der Waals surface area contributed by atoms with Gasteiger partial charge in [-0.15, -0.1) is 11.3 Å². The zero-order valence-corrected chi connectivity index (χ0v) is 11.0. The smallest absolute Gasteiger partial charge is 0.105 e. The fourth-order valence-corrected chi connectivity index (χ4v) is 3.57. The van der Waals surface area contributed by atoms with Crippen molar-refractivity contribution in [2.45, 2.75) is 37.3 Å². The van der Waals surface area contributed by atoms with E-state index in [2.05, 4.69) is 31.6 Å². The van der Waals surface area contributed by atoms with Crippen LogP contribution in [0.4, 0.5) is 0 Å². The molecule has 0 spiro atoms. The number of nitrogens with zero attached hydrogens (tertiary/aromatic N) is 1. The Kier molecular flexibility index (Phi) is 2.80. The molecule has 1 heterocycles. The molecular weight excluding hydrogens is 214 g/mol. The van der Waals surface area contributed by atoms with E-state index in [1.165, 1.54) is 11.3 Å². The van der Waals surface area contributed by atoms with Crippen LogP contribution in [0, 0.1) is 6.92 Å². The Balaban J connectivity index is 3.33. The lowest BCUT2D eigenvalue weighted by Gasteiger charge is -2.13. The van der Waals surface area contributed by atoms with E-state index >= 15 is 0 Å². The Hall–Kier alpha value is -0.350. The van der Waals surface area contributed by atoms with Crippen LogP contribution in [-0.2, 0) is 14.9 Å². The summed E-state index contributed by atoms with van der Waals surface area (Å²) in [7, 11) is -2.12. The largest absolute Gasteiger partial charge is 0.263 e. The minimum Gasteiger partial charge on any atom is -0.263 e. The molecule has 0 saturated heterocycles. The number of thiazole rings is 1. The molecule has 0 aliphatic heterocycles. The van der Waals surface area contributed by atoms with Gasteiger partial charge in [-0.3, -0.25) is 4.21 Å². The van der Waals surface area contributed by atoms with Crippen LogP contribution in [0.5, 0.6) is 0 Å². The van der Waals surface area contributed by atoms with E-state index in [0.717, 1.165) is 14.9 Å². The van der Waals surface area contributed by atoms with Gasteiger partial charge in [0.1, 0.15) is 4.21 Å². The lowest BCUT2D eigenvalue weighted by atomic mass is 9.98. The lowest BCUT2D eigenvalue weighted by molar-refractivity contribution is 0.584. The van der Waals surface area contributed by atoms with Crippen molar-refractivity contribution in [1.29, 1.82) is 0 Å². The third kappa shape index (κ3) is 2.36. The second-order valence-corrected chi connectivity index (χ2v) is 8.32. The van der Waals surface area contributed by atoms with Gasteiger partial charge < -0.3 is 0 Å². The molecule has 0 aliphatic rings. The Labute approximate surface area is 90.4 Å². The van der Waals surface area contributed by atoms with E-state index in [4.69, 9.17) is 0 Å². The summed E-state index contributed by atoms with van der Waals surface area (Å²) in [5, 5.41) is 1.03. The fourth-order valence-electron chi connectivity index (χ4n) is 1.10. The SMILES string of the molecule is C=S(C)(=O)c1sc(C(C)(C)C)nc1C. The first kappa shape index (κ1) is 11.7. The van der Waals surface area contributed by atoms with Gasteiger partial charge >= 0.3 is 0 Å². The van der Waals surface area contributed by atoms with Crippen LogP contribution < -0.4 is 0 Å². The maximum Gasteiger partial charge on any atom is 0.105 e. The summed E-state index contributed by atoms with van der Waals surface area (Å²) in [4.78, 5) is 4.45. The summed E-state index contributed by atoms with van der Waals surface area (Å²) < 4.78 is 12.6. The molecule has 0 bridgehead atoms. The summed E-state index contributed by atoms with van der Waals surface area (Å²) in [6.07, 6.45) is 1.67. The molecule has 1 unspecified atom stereocenters. The fraction of sp³-hybridized carbons (Fsp3) is 0.600. The van der Waals surface area contributed by atoms with Crippen LogP contribution in [0.2, 0.25) is 0 Å². The third-order valence-corrected chi connectivity index (χ3v) is 5.55. The minimum absolute atomic E-state index is 0.0262. The second-order valence-electron chi connectivity index (χ2n) is 4.65. The summed E-state index contributed by atoms with van der Waals surface area (Å²) in [6, 6.07) is 0. The average Bonchev–Trinajstić information content (AvgIpc) is 2.27. The van der Waals surface area contributed by atoms with Crippen LogP contribution in [0.15, 0.2) is 4.21 Å². The standard InChI is InChI=1S/C10H17NOS2/c1-7-8(14(5,6)12)13-9(11-7)10(2,3)4/h5H2,1-4,6H3. The molecule has 2 nitrogen and oxygen atoms in total. The molecule has 0 aromatic carbocycles.